The highest BCUT2D eigenvalue weighted by atomic mass is 79.9. The van der Waals surface area contributed by atoms with E-state index >= 15 is 0 Å². The molecule has 1 saturated heterocycles. The summed E-state index contributed by atoms with van der Waals surface area (Å²) in [5, 5.41) is 0. The van der Waals surface area contributed by atoms with Crippen LogP contribution in [-0.2, 0) is 17.6 Å². The Balaban J connectivity index is 1.33. The second-order valence-corrected chi connectivity index (χ2v) is 13.2. The number of carbonyl (C=O) groups excluding carboxylic acids is 2. The summed E-state index contributed by atoms with van der Waals surface area (Å²) in [5.74, 6) is 0.580. The van der Waals surface area contributed by atoms with Gasteiger partial charge in [0.2, 0.25) is 5.78 Å². The van der Waals surface area contributed by atoms with Gasteiger partial charge in [0.15, 0.2) is 11.4 Å². The molecule has 6 rings (SSSR count). The molecule has 44 heavy (non-hydrogen) atoms. The number of piperazine rings is 1. The van der Waals surface area contributed by atoms with Crippen LogP contribution in [0.2, 0.25) is 0 Å². The third-order valence-corrected chi connectivity index (χ3v) is 8.97. The molecule has 224 valence electrons. The summed E-state index contributed by atoms with van der Waals surface area (Å²) in [7, 11) is 0. The second kappa shape index (κ2) is 12.0. The van der Waals surface area contributed by atoms with Crippen molar-refractivity contribution in [3.8, 4) is 11.3 Å². The lowest BCUT2D eigenvalue weighted by molar-refractivity contribution is 0.0240. The average Bonchev–Trinajstić information content (AvgIpc) is 3.39. The number of halogens is 1. The number of fused-ring (bicyclic) bond motifs is 2. The number of amides is 1. The van der Waals surface area contributed by atoms with E-state index in [2.05, 4.69) is 43.9 Å². The minimum absolute atomic E-state index is 0.0303. The molecule has 3 aromatic carbocycles. The summed E-state index contributed by atoms with van der Waals surface area (Å²) >= 11 is 3.68. The number of anilines is 1. The highest BCUT2D eigenvalue weighted by Gasteiger charge is 2.34. The van der Waals surface area contributed by atoms with Gasteiger partial charge in [-0.2, -0.15) is 0 Å². The lowest BCUT2D eigenvalue weighted by Crippen LogP contribution is -2.50. The van der Waals surface area contributed by atoms with Crippen LogP contribution in [0.15, 0.2) is 81.7 Å². The van der Waals surface area contributed by atoms with Gasteiger partial charge in [-0.05, 0) is 68.1 Å². The first kappa shape index (κ1) is 29.7. The van der Waals surface area contributed by atoms with E-state index in [1.807, 2.05) is 63.2 Å². The molecule has 1 amide bonds. The molecule has 8 heteroatoms. The molecule has 7 nitrogen and oxygen atoms in total. The van der Waals surface area contributed by atoms with Crippen LogP contribution >= 0.6 is 15.9 Å². The monoisotopic (exact) mass is 651 g/mol. The third-order valence-electron chi connectivity index (χ3n) is 8.19. The zero-order valence-corrected chi connectivity index (χ0v) is 26.7. The van der Waals surface area contributed by atoms with E-state index in [1.54, 1.807) is 17.0 Å². The van der Waals surface area contributed by atoms with Crippen molar-refractivity contribution < 1.29 is 18.7 Å². The fourth-order valence-corrected chi connectivity index (χ4v) is 6.40. The van der Waals surface area contributed by atoms with Crippen LogP contribution < -0.4 is 4.90 Å². The second-order valence-electron chi connectivity index (χ2n) is 12.4. The number of benzene rings is 3. The molecule has 2 heterocycles. The number of hydrogen-bond acceptors (Lipinski definition) is 5. The van der Waals surface area contributed by atoms with Crippen molar-refractivity contribution in [1.82, 2.24) is 4.90 Å². The molecular formula is C36H34BrN3O4. The summed E-state index contributed by atoms with van der Waals surface area (Å²) in [6.45, 7) is 15.4. The molecule has 1 aliphatic carbocycles. The molecule has 2 aliphatic rings. The maximum atomic E-state index is 14.2. The molecular weight excluding hydrogens is 618 g/mol. The smallest absolute Gasteiger partial charge is 0.410 e. The molecule has 1 aromatic heterocycles. The van der Waals surface area contributed by atoms with Crippen molar-refractivity contribution in [2.45, 2.75) is 45.1 Å². The van der Waals surface area contributed by atoms with Crippen LogP contribution in [0.3, 0.4) is 0 Å². The Bertz CT molecular complexity index is 1760. The highest BCUT2D eigenvalue weighted by Crippen LogP contribution is 2.40. The van der Waals surface area contributed by atoms with Crippen molar-refractivity contribution in [2.75, 3.05) is 31.1 Å². The largest absolute Gasteiger partial charge is 0.453 e. The first-order chi connectivity index (χ1) is 21.1. The topological polar surface area (TPSA) is 67.4 Å². The molecule has 1 fully saturated rings. The van der Waals surface area contributed by atoms with E-state index in [9.17, 15) is 9.59 Å². The predicted octanol–water partition coefficient (Wildman–Crippen LogP) is 8.43. The molecule has 0 radical (unpaired) electrons. The van der Waals surface area contributed by atoms with Gasteiger partial charge in [-0.25, -0.2) is 9.64 Å². The van der Waals surface area contributed by atoms with Gasteiger partial charge in [0.25, 0.3) is 0 Å². The molecule has 0 spiro atoms. The molecule has 0 bridgehead atoms. The lowest BCUT2D eigenvalue weighted by atomic mass is 9.86. The van der Waals surface area contributed by atoms with Crippen LogP contribution in [0.4, 0.5) is 16.2 Å². The predicted molar refractivity (Wildman–Crippen MR) is 175 cm³/mol. The fraction of sp³-hybridized carbons (Fsp3) is 0.306. The minimum atomic E-state index is -0.526. The SMILES string of the molecule is [C-]#[N+]c1ccc(-c2cc3c(o2)C(=O)C(Cc2ccccc2Br)c2ccc(N4CCN(C(=O)OC(C)(C)C)CC4)cc2C3)cc1. The Kier molecular flexibility index (Phi) is 8.08. The van der Waals surface area contributed by atoms with Crippen LogP contribution in [0, 0.1) is 6.57 Å². The van der Waals surface area contributed by atoms with Crippen LogP contribution in [0.25, 0.3) is 16.2 Å². The zero-order chi connectivity index (χ0) is 31.0. The Morgan fingerprint density at radius 3 is 2.41 bits per heavy atom. The van der Waals surface area contributed by atoms with Gasteiger partial charge in [0.05, 0.1) is 12.5 Å². The standard InChI is InChI=1S/C36H34BrN3O4/c1-36(2,3)44-35(42)40-17-15-39(16-18-40)28-13-14-29-25(20-28)19-26-22-32(23-9-11-27(38-4)12-10-23)43-34(26)33(41)30(29)21-24-7-5-6-8-31(24)37/h5-14,20,22,30H,15-19,21H2,1-3H3. The number of ether oxygens (including phenoxy) is 1. The van der Waals surface area contributed by atoms with Gasteiger partial charge < -0.3 is 19.0 Å². The maximum absolute atomic E-state index is 14.2. The van der Waals surface area contributed by atoms with Gasteiger partial charge in [-0.3, -0.25) is 4.79 Å². The lowest BCUT2D eigenvalue weighted by Gasteiger charge is -2.37. The van der Waals surface area contributed by atoms with Crippen LogP contribution in [0.5, 0.6) is 0 Å². The Hall–Kier alpha value is -4.35. The zero-order valence-electron chi connectivity index (χ0n) is 25.1. The fourth-order valence-electron chi connectivity index (χ4n) is 5.96. The van der Waals surface area contributed by atoms with Crippen molar-refractivity contribution in [2.24, 2.45) is 0 Å². The Morgan fingerprint density at radius 2 is 1.73 bits per heavy atom. The van der Waals surface area contributed by atoms with E-state index < -0.39 is 11.5 Å². The first-order valence-electron chi connectivity index (χ1n) is 14.8. The number of nitrogens with zero attached hydrogens (tertiary/aromatic N) is 3. The third kappa shape index (κ3) is 6.15. The number of Topliss-reactive ketones (excluding diaryl/α,β-unsaturated/α-hetero) is 1. The summed E-state index contributed by atoms with van der Waals surface area (Å²) in [6, 6.07) is 23.6. The summed E-state index contributed by atoms with van der Waals surface area (Å²) in [4.78, 5) is 34.4. The van der Waals surface area contributed by atoms with Crippen molar-refractivity contribution >= 4 is 39.2 Å². The first-order valence-corrected chi connectivity index (χ1v) is 15.6. The molecule has 4 aromatic rings. The normalized spacial score (nSPS) is 16.5. The number of carbonyl (C=O) groups is 2. The Labute approximate surface area is 266 Å². The number of rotatable bonds is 4. The van der Waals surface area contributed by atoms with Crippen molar-refractivity contribution in [3.63, 3.8) is 0 Å². The summed E-state index contributed by atoms with van der Waals surface area (Å²) in [5.41, 5.74) is 5.96. The van der Waals surface area contributed by atoms with Gasteiger partial charge in [-0.1, -0.05) is 64.5 Å². The van der Waals surface area contributed by atoms with E-state index in [4.69, 9.17) is 15.7 Å². The van der Waals surface area contributed by atoms with E-state index in [0.29, 0.717) is 56.2 Å². The van der Waals surface area contributed by atoms with E-state index in [-0.39, 0.29) is 11.9 Å². The van der Waals surface area contributed by atoms with Crippen molar-refractivity contribution in [3.05, 3.63) is 117 Å². The number of hydrogen-bond donors (Lipinski definition) is 0. The quantitative estimate of drug-likeness (QED) is 0.207. The maximum Gasteiger partial charge on any atom is 0.410 e. The summed E-state index contributed by atoms with van der Waals surface area (Å²) < 4.78 is 12.9. The number of ketones is 1. The summed E-state index contributed by atoms with van der Waals surface area (Å²) in [6.07, 6.45) is 0.827. The molecule has 1 aliphatic heterocycles. The number of furan rings is 1. The van der Waals surface area contributed by atoms with Gasteiger partial charge in [0.1, 0.15) is 11.4 Å². The average molecular weight is 653 g/mol. The van der Waals surface area contributed by atoms with Crippen LogP contribution in [-0.4, -0.2) is 48.6 Å². The minimum Gasteiger partial charge on any atom is -0.453 e. The molecule has 0 saturated carbocycles. The van der Waals surface area contributed by atoms with E-state index in [1.165, 1.54) is 0 Å². The highest BCUT2D eigenvalue weighted by molar-refractivity contribution is 9.10. The van der Waals surface area contributed by atoms with E-state index in [0.717, 1.165) is 38.0 Å². The molecule has 0 N–H and O–H groups in total. The molecule has 1 unspecified atom stereocenters. The Morgan fingerprint density at radius 1 is 1.00 bits per heavy atom. The van der Waals surface area contributed by atoms with Crippen molar-refractivity contribution in [1.29, 1.82) is 0 Å². The van der Waals surface area contributed by atoms with Gasteiger partial charge in [-0.15, -0.1) is 0 Å². The molecule has 1 atom stereocenters. The van der Waals surface area contributed by atoms with Gasteiger partial charge >= 0.3 is 6.09 Å². The van der Waals surface area contributed by atoms with Gasteiger partial charge in [0, 0.05) is 53.9 Å². The van der Waals surface area contributed by atoms with Crippen LogP contribution in [0.1, 0.15) is 59.5 Å².